The van der Waals surface area contributed by atoms with Crippen LogP contribution in [0.4, 0.5) is 11.4 Å². The highest BCUT2D eigenvalue weighted by atomic mass is 32.1. The second-order valence-corrected chi connectivity index (χ2v) is 18.3. The Morgan fingerprint density at radius 2 is 1.16 bits per heavy atom. The molecule has 1 aliphatic rings. The van der Waals surface area contributed by atoms with Gasteiger partial charge in [0, 0.05) is 43.7 Å². The number of rotatable bonds is 35. The van der Waals surface area contributed by atoms with Crippen molar-refractivity contribution >= 4 is 35.6 Å². The first-order valence-electron chi connectivity index (χ1n) is 26.2. The number of ketones is 1. The third kappa shape index (κ3) is 17.5. The Morgan fingerprint density at radius 1 is 0.657 bits per heavy atom. The predicted molar refractivity (Wildman–Crippen MR) is 279 cm³/mol. The summed E-state index contributed by atoms with van der Waals surface area (Å²) in [4.78, 5) is 32.8. The molecular weight excluding hydrogens is 861 g/mol. The quantitative estimate of drug-likeness (QED) is 0.0257. The van der Waals surface area contributed by atoms with Crippen molar-refractivity contribution in [2.24, 2.45) is 4.99 Å². The Balaban J connectivity index is 1.71. The molecule has 0 aliphatic carbocycles. The highest BCUT2D eigenvalue weighted by molar-refractivity contribution is 7.71. The number of aromatic hydroxyl groups is 1. The molecule has 0 radical (unpaired) electrons. The maximum absolute atomic E-state index is 14.3. The Kier molecular flexibility index (Phi) is 25.8. The molecule has 2 aromatic carbocycles. The largest absolute Gasteiger partial charge is 0.494 e. The van der Waals surface area contributed by atoms with E-state index in [0.717, 1.165) is 88.4 Å². The summed E-state index contributed by atoms with van der Waals surface area (Å²) in [7, 11) is 0. The van der Waals surface area contributed by atoms with Gasteiger partial charge in [-0.1, -0.05) is 143 Å². The minimum atomic E-state index is -0.433. The lowest BCUT2D eigenvalue weighted by molar-refractivity contribution is 0.0998. The minimum Gasteiger partial charge on any atom is -0.494 e. The molecule has 0 amide bonds. The van der Waals surface area contributed by atoms with Gasteiger partial charge < -0.3 is 29.4 Å². The van der Waals surface area contributed by atoms with Crippen LogP contribution in [-0.4, -0.2) is 52.7 Å². The molecule has 1 aromatic heterocycles. The van der Waals surface area contributed by atoms with E-state index in [1.54, 1.807) is 6.20 Å². The van der Waals surface area contributed by atoms with Crippen LogP contribution in [0.5, 0.6) is 28.9 Å². The number of nitrogens with zero attached hydrogens (tertiary/aromatic N) is 3. The second-order valence-electron chi connectivity index (χ2n) is 17.9. The van der Waals surface area contributed by atoms with E-state index in [-0.39, 0.29) is 28.6 Å². The summed E-state index contributed by atoms with van der Waals surface area (Å²) in [6.45, 7) is 15.0. The van der Waals surface area contributed by atoms with Crippen LogP contribution in [0.15, 0.2) is 45.8 Å². The van der Waals surface area contributed by atoms with Gasteiger partial charge in [0.15, 0.2) is 22.1 Å². The van der Waals surface area contributed by atoms with E-state index in [9.17, 15) is 14.7 Å². The van der Waals surface area contributed by atoms with E-state index in [1.165, 1.54) is 86.0 Å². The van der Waals surface area contributed by atoms with Gasteiger partial charge in [0.25, 0.3) is 5.56 Å². The van der Waals surface area contributed by atoms with Crippen molar-refractivity contribution in [2.75, 3.05) is 31.7 Å². The van der Waals surface area contributed by atoms with E-state index in [1.807, 2.05) is 38.1 Å². The van der Waals surface area contributed by atoms with Crippen LogP contribution in [0.25, 0.3) is 0 Å². The molecule has 0 saturated carbocycles. The van der Waals surface area contributed by atoms with Crippen molar-refractivity contribution in [1.29, 1.82) is 0 Å². The molecule has 12 heteroatoms. The van der Waals surface area contributed by atoms with Crippen molar-refractivity contribution in [3.8, 4) is 28.9 Å². The maximum atomic E-state index is 14.3. The number of aromatic nitrogens is 2. The lowest BCUT2D eigenvalue weighted by Gasteiger charge is -2.22. The number of ether oxygens (including phenoxy) is 4. The fourth-order valence-electron chi connectivity index (χ4n) is 8.35. The fourth-order valence-corrected chi connectivity index (χ4v) is 8.78. The zero-order valence-electron chi connectivity index (χ0n) is 42.1. The van der Waals surface area contributed by atoms with Crippen molar-refractivity contribution in [3.05, 3.63) is 67.9 Å². The molecule has 0 spiro atoms. The predicted octanol–water partition coefficient (Wildman–Crippen LogP) is 14.8. The molecular formula is C55H84N4O7S. The van der Waals surface area contributed by atoms with E-state index >= 15 is 0 Å². The van der Waals surface area contributed by atoms with Crippen LogP contribution in [-0.2, 0) is 19.5 Å². The summed E-state index contributed by atoms with van der Waals surface area (Å²) in [6, 6.07) is 7.54. The van der Waals surface area contributed by atoms with Crippen molar-refractivity contribution in [1.82, 2.24) is 9.13 Å². The number of aliphatic imine (C=N–C) groups is 1. The standard InChI is InChI=1S/C55H84N4O7S/c1-7-13-17-21-24-28-32-63-48-38-49-44(35-42(48)31-27-20-16-10-4)52(60)43(41-66-49)39-56-46-36-50(64-33-29-25-22-18-14-8-2)51(65-34-30-26-23-19-15-9-3)37-47(46)57-40-45-53(61)58(11-5)55(67)59(12-6)54(45)62/h35-40,56,61H,7-34,41H2,1-6H3/b43-39+,57-40?. The molecule has 0 bridgehead atoms. The number of Topliss-reactive ketones (excluding diaryl/α,β-unsaturated/α-hetero) is 1. The van der Waals surface area contributed by atoms with Crippen LogP contribution in [0.1, 0.15) is 204 Å². The van der Waals surface area contributed by atoms with Gasteiger partial charge in [-0.05, 0) is 69.8 Å². The second kappa shape index (κ2) is 31.5. The molecule has 2 N–H and O–H groups in total. The van der Waals surface area contributed by atoms with E-state index < -0.39 is 5.56 Å². The maximum Gasteiger partial charge on any atom is 0.267 e. The van der Waals surface area contributed by atoms with Gasteiger partial charge in [0.05, 0.1) is 42.3 Å². The molecule has 67 heavy (non-hydrogen) atoms. The van der Waals surface area contributed by atoms with E-state index in [0.29, 0.717) is 72.7 Å². The van der Waals surface area contributed by atoms with Crippen LogP contribution in [0.2, 0.25) is 0 Å². The zero-order valence-corrected chi connectivity index (χ0v) is 42.9. The smallest absolute Gasteiger partial charge is 0.267 e. The van der Waals surface area contributed by atoms with Crippen LogP contribution in [0, 0.1) is 4.77 Å². The third-order valence-electron chi connectivity index (χ3n) is 12.5. The lowest BCUT2D eigenvalue weighted by Crippen LogP contribution is -2.27. The third-order valence-corrected chi connectivity index (χ3v) is 13.0. The van der Waals surface area contributed by atoms with Crippen molar-refractivity contribution in [3.63, 3.8) is 0 Å². The van der Waals surface area contributed by atoms with Gasteiger partial charge in [-0.25, -0.2) is 0 Å². The number of unbranched alkanes of at least 4 members (excludes halogenated alkanes) is 18. The fraction of sp³-hybridized carbons (Fsp3) is 0.636. The number of hydrogen-bond donors (Lipinski definition) is 2. The minimum absolute atomic E-state index is 0.0211. The molecule has 4 rings (SSSR count). The summed E-state index contributed by atoms with van der Waals surface area (Å²) >= 11 is 5.54. The first kappa shape index (κ1) is 55.0. The molecule has 0 atom stereocenters. The number of fused-ring (bicyclic) bond motifs is 1. The average Bonchev–Trinajstić information content (AvgIpc) is 3.32. The molecule has 2 heterocycles. The van der Waals surface area contributed by atoms with Gasteiger partial charge in [-0.2, -0.15) is 0 Å². The summed E-state index contributed by atoms with van der Waals surface area (Å²) in [5.74, 6) is 2.08. The van der Waals surface area contributed by atoms with Gasteiger partial charge in [-0.15, -0.1) is 0 Å². The topological polar surface area (TPSA) is 126 Å². The number of benzene rings is 2. The molecule has 0 saturated heterocycles. The Bertz CT molecular complexity index is 2140. The highest BCUT2D eigenvalue weighted by Crippen LogP contribution is 2.40. The molecule has 3 aromatic rings. The summed E-state index contributed by atoms with van der Waals surface area (Å²) in [5.41, 5.74) is 2.55. The number of carbonyl (C=O) groups is 1. The van der Waals surface area contributed by atoms with Crippen LogP contribution >= 0.6 is 12.2 Å². The van der Waals surface area contributed by atoms with Crippen LogP contribution in [0.3, 0.4) is 0 Å². The Labute approximate surface area is 407 Å². The first-order valence-corrected chi connectivity index (χ1v) is 26.6. The van der Waals surface area contributed by atoms with E-state index in [4.69, 9.17) is 36.2 Å². The Morgan fingerprint density at radius 3 is 1.72 bits per heavy atom. The first-order chi connectivity index (χ1) is 32.7. The zero-order chi connectivity index (χ0) is 48.2. The summed E-state index contributed by atoms with van der Waals surface area (Å²) in [5, 5.41) is 14.6. The monoisotopic (exact) mass is 945 g/mol. The van der Waals surface area contributed by atoms with Gasteiger partial charge in [0.2, 0.25) is 5.88 Å². The number of anilines is 1. The summed E-state index contributed by atoms with van der Waals surface area (Å²) < 4.78 is 28.8. The van der Waals surface area contributed by atoms with Gasteiger partial charge >= 0.3 is 0 Å². The molecule has 1 aliphatic heterocycles. The molecule has 11 nitrogen and oxygen atoms in total. The Hall–Kier alpha value is -4.58. The van der Waals surface area contributed by atoms with Gasteiger partial charge in [-0.3, -0.25) is 23.7 Å². The number of nitrogens with one attached hydrogen (secondary N) is 1. The SMILES string of the molecule is CCCCCCCCOc1cc2c(cc1CCCCCC)C(=O)/C(=C/Nc1cc(OCCCCCCCC)c(OCCCCCCCC)cc1N=Cc1c(O)n(CC)c(=S)n(CC)c1=O)CO2. The number of aryl methyl sites for hydroxylation is 1. The average molecular weight is 945 g/mol. The van der Waals surface area contributed by atoms with Crippen molar-refractivity contribution < 1.29 is 28.8 Å². The van der Waals surface area contributed by atoms with Gasteiger partial charge in [0.1, 0.15) is 23.7 Å². The van der Waals surface area contributed by atoms with Crippen LogP contribution < -0.4 is 29.8 Å². The molecule has 0 unspecified atom stereocenters. The molecule has 0 fully saturated rings. The van der Waals surface area contributed by atoms with E-state index in [2.05, 4.69) is 33.0 Å². The number of hydrogen-bond acceptors (Lipinski definition) is 10. The number of carbonyl (C=O) groups excluding carboxylic acids is 1. The van der Waals surface area contributed by atoms with Crippen molar-refractivity contribution in [2.45, 2.75) is 202 Å². The highest BCUT2D eigenvalue weighted by Gasteiger charge is 2.26. The molecule has 372 valence electrons. The summed E-state index contributed by atoms with van der Waals surface area (Å²) in [6.07, 6.45) is 29.0. The normalized spacial score (nSPS) is 13.0. The lowest BCUT2D eigenvalue weighted by atomic mass is 9.96.